The lowest BCUT2D eigenvalue weighted by atomic mass is 9.70. The third kappa shape index (κ3) is 1.65. The van der Waals surface area contributed by atoms with Crippen LogP contribution in [0, 0.1) is 23.7 Å². The van der Waals surface area contributed by atoms with Crippen LogP contribution in [-0.4, -0.2) is 5.11 Å². The molecule has 0 spiro atoms. The maximum Gasteiger partial charge on any atom is 0.0930 e. The Bertz CT molecular complexity index is 503. The van der Waals surface area contributed by atoms with Crippen LogP contribution in [0.15, 0.2) is 24.3 Å². The van der Waals surface area contributed by atoms with Crippen molar-refractivity contribution in [1.29, 1.82) is 0 Å². The summed E-state index contributed by atoms with van der Waals surface area (Å²) in [5.74, 6) is 3.64. The molecule has 5 atom stereocenters. The van der Waals surface area contributed by atoms with Crippen molar-refractivity contribution in [2.75, 3.05) is 0 Å². The number of hydrogen-bond acceptors (Lipinski definition) is 1. The van der Waals surface area contributed by atoms with Crippen molar-refractivity contribution in [2.45, 2.75) is 57.5 Å². The van der Waals surface area contributed by atoms with Crippen LogP contribution in [-0.2, 0) is 5.60 Å². The highest BCUT2D eigenvalue weighted by atomic mass is 16.3. The molecule has 0 radical (unpaired) electrons. The van der Waals surface area contributed by atoms with Gasteiger partial charge >= 0.3 is 0 Å². The quantitative estimate of drug-likeness (QED) is 0.841. The number of hydrogen-bond donors (Lipinski definition) is 1. The van der Waals surface area contributed by atoms with E-state index in [2.05, 4.69) is 38.1 Å². The highest BCUT2D eigenvalue weighted by Crippen LogP contribution is 2.65. The molecule has 2 bridgehead atoms. The summed E-state index contributed by atoms with van der Waals surface area (Å²) >= 11 is 0. The van der Waals surface area contributed by atoms with Crippen LogP contribution in [0.25, 0.3) is 0 Å². The topological polar surface area (TPSA) is 20.2 Å². The van der Waals surface area contributed by atoms with Crippen molar-refractivity contribution < 1.29 is 5.11 Å². The minimum absolute atomic E-state index is 0.522. The van der Waals surface area contributed by atoms with Gasteiger partial charge < -0.3 is 5.11 Å². The average Bonchev–Trinajstić information content (AvgIpc) is 3.09. The minimum Gasteiger partial charge on any atom is -0.385 e. The van der Waals surface area contributed by atoms with E-state index in [0.717, 1.165) is 24.2 Å². The van der Waals surface area contributed by atoms with Gasteiger partial charge in [0.15, 0.2) is 0 Å². The Hall–Kier alpha value is -0.820. The summed E-state index contributed by atoms with van der Waals surface area (Å²) < 4.78 is 0. The molecular weight excluding hydrogens is 244 g/mol. The molecule has 0 heterocycles. The SMILES string of the molecule is CC(C)c1ccc(C2(O)CC3CC2C2CCCC32)cc1. The predicted molar refractivity (Wildman–Crippen MR) is 81.5 cm³/mol. The first-order chi connectivity index (χ1) is 9.59. The molecule has 0 amide bonds. The average molecular weight is 270 g/mol. The van der Waals surface area contributed by atoms with Crippen molar-refractivity contribution >= 4 is 0 Å². The van der Waals surface area contributed by atoms with Crippen LogP contribution in [0.2, 0.25) is 0 Å². The predicted octanol–water partition coefficient (Wildman–Crippen LogP) is 4.45. The number of benzene rings is 1. The van der Waals surface area contributed by atoms with Gasteiger partial charge in [-0.1, -0.05) is 44.5 Å². The molecule has 0 aliphatic heterocycles. The summed E-state index contributed by atoms with van der Waals surface area (Å²) in [4.78, 5) is 0. The summed E-state index contributed by atoms with van der Waals surface area (Å²) in [5.41, 5.74) is 2.03. The molecule has 1 nitrogen and oxygen atoms in total. The van der Waals surface area contributed by atoms with Gasteiger partial charge in [0.25, 0.3) is 0 Å². The fourth-order valence-corrected chi connectivity index (χ4v) is 5.60. The van der Waals surface area contributed by atoms with Gasteiger partial charge in [-0.05, 0) is 66.4 Å². The van der Waals surface area contributed by atoms with Crippen LogP contribution in [0.3, 0.4) is 0 Å². The molecular formula is C19H26O. The third-order valence-corrected chi connectivity index (χ3v) is 6.57. The van der Waals surface area contributed by atoms with Crippen LogP contribution >= 0.6 is 0 Å². The van der Waals surface area contributed by atoms with Crippen LogP contribution in [0.5, 0.6) is 0 Å². The Balaban J connectivity index is 1.65. The molecule has 4 rings (SSSR count). The second-order valence-corrected chi connectivity index (χ2v) is 7.77. The molecule has 0 saturated heterocycles. The summed E-state index contributed by atoms with van der Waals surface area (Å²) in [5, 5.41) is 11.3. The Morgan fingerprint density at radius 1 is 1.10 bits per heavy atom. The van der Waals surface area contributed by atoms with Crippen LogP contribution in [0.4, 0.5) is 0 Å². The Kier molecular flexibility index (Phi) is 2.79. The first kappa shape index (κ1) is 12.9. The molecule has 108 valence electrons. The molecule has 1 aromatic rings. The fourth-order valence-electron chi connectivity index (χ4n) is 5.60. The van der Waals surface area contributed by atoms with Crippen molar-refractivity contribution in [1.82, 2.24) is 0 Å². The molecule has 0 aromatic heterocycles. The first-order valence-corrected chi connectivity index (χ1v) is 8.42. The standard InChI is InChI=1S/C19H26O/c1-12(2)13-6-8-15(9-7-13)19(20)11-14-10-18(19)17-5-3-4-16(14)17/h6-9,12,14,16-18,20H,3-5,10-11H2,1-2H3. The molecule has 3 aliphatic carbocycles. The zero-order chi connectivity index (χ0) is 13.9. The van der Waals surface area contributed by atoms with Crippen LogP contribution in [0.1, 0.15) is 63.0 Å². The van der Waals surface area contributed by atoms with Gasteiger partial charge in [-0.15, -0.1) is 0 Å². The van der Waals surface area contributed by atoms with E-state index in [1.54, 1.807) is 0 Å². The van der Waals surface area contributed by atoms with Gasteiger partial charge in [-0.3, -0.25) is 0 Å². The van der Waals surface area contributed by atoms with Crippen molar-refractivity contribution in [3.8, 4) is 0 Å². The van der Waals surface area contributed by atoms with E-state index in [0.29, 0.717) is 11.8 Å². The Morgan fingerprint density at radius 3 is 2.50 bits per heavy atom. The fraction of sp³-hybridized carbons (Fsp3) is 0.684. The Morgan fingerprint density at radius 2 is 1.80 bits per heavy atom. The van der Waals surface area contributed by atoms with Gasteiger partial charge in [-0.2, -0.15) is 0 Å². The van der Waals surface area contributed by atoms with E-state index >= 15 is 0 Å². The molecule has 5 unspecified atom stereocenters. The summed E-state index contributed by atoms with van der Waals surface area (Å²) in [6.45, 7) is 4.45. The van der Waals surface area contributed by atoms with Crippen molar-refractivity contribution in [3.05, 3.63) is 35.4 Å². The van der Waals surface area contributed by atoms with E-state index in [9.17, 15) is 5.11 Å². The smallest absolute Gasteiger partial charge is 0.0930 e. The summed E-state index contributed by atoms with van der Waals surface area (Å²) in [6.07, 6.45) is 6.47. The molecule has 1 heteroatoms. The maximum absolute atomic E-state index is 11.3. The lowest BCUT2D eigenvalue weighted by Gasteiger charge is -2.39. The lowest BCUT2D eigenvalue weighted by molar-refractivity contribution is -0.0512. The molecule has 20 heavy (non-hydrogen) atoms. The van der Waals surface area contributed by atoms with Crippen molar-refractivity contribution in [3.63, 3.8) is 0 Å². The number of rotatable bonds is 2. The summed E-state index contributed by atoms with van der Waals surface area (Å²) in [7, 11) is 0. The molecule has 3 saturated carbocycles. The maximum atomic E-state index is 11.3. The van der Waals surface area contributed by atoms with E-state index in [-0.39, 0.29) is 0 Å². The molecule has 3 aliphatic rings. The number of aliphatic hydroxyl groups is 1. The zero-order valence-corrected chi connectivity index (χ0v) is 12.7. The highest BCUT2D eigenvalue weighted by molar-refractivity contribution is 5.32. The highest BCUT2D eigenvalue weighted by Gasteiger charge is 2.60. The minimum atomic E-state index is -0.522. The normalized spacial score (nSPS) is 42.4. The number of fused-ring (bicyclic) bond motifs is 5. The Labute approximate surface area is 122 Å². The largest absolute Gasteiger partial charge is 0.385 e. The van der Waals surface area contributed by atoms with E-state index in [1.165, 1.54) is 36.8 Å². The molecule has 1 aromatic carbocycles. The van der Waals surface area contributed by atoms with Gasteiger partial charge in [-0.25, -0.2) is 0 Å². The second kappa shape index (κ2) is 4.34. The van der Waals surface area contributed by atoms with Crippen molar-refractivity contribution in [2.24, 2.45) is 23.7 Å². The summed E-state index contributed by atoms with van der Waals surface area (Å²) in [6, 6.07) is 8.83. The van der Waals surface area contributed by atoms with E-state index < -0.39 is 5.60 Å². The van der Waals surface area contributed by atoms with E-state index in [1.807, 2.05) is 0 Å². The first-order valence-electron chi connectivity index (χ1n) is 8.42. The van der Waals surface area contributed by atoms with Gasteiger partial charge in [0.2, 0.25) is 0 Å². The van der Waals surface area contributed by atoms with Gasteiger partial charge in [0.05, 0.1) is 5.60 Å². The molecule has 3 fully saturated rings. The van der Waals surface area contributed by atoms with Crippen LogP contribution < -0.4 is 0 Å². The third-order valence-electron chi connectivity index (χ3n) is 6.57. The zero-order valence-electron chi connectivity index (χ0n) is 12.7. The van der Waals surface area contributed by atoms with Gasteiger partial charge in [0.1, 0.15) is 0 Å². The van der Waals surface area contributed by atoms with Gasteiger partial charge in [0, 0.05) is 0 Å². The lowest BCUT2D eigenvalue weighted by Crippen LogP contribution is -2.38. The second-order valence-electron chi connectivity index (χ2n) is 7.77. The monoisotopic (exact) mass is 270 g/mol. The van der Waals surface area contributed by atoms with E-state index in [4.69, 9.17) is 0 Å². The molecule has 1 N–H and O–H groups in total.